The quantitative estimate of drug-likeness (QED) is 0.759. The van der Waals surface area contributed by atoms with Crippen LogP contribution in [-0.2, 0) is 11.3 Å². The van der Waals surface area contributed by atoms with Gasteiger partial charge in [0, 0.05) is 19.5 Å². The normalized spacial score (nSPS) is 16.9. The van der Waals surface area contributed by atoms with Gasteiger partial charge in [-0.05, 0) is 24.3 Å². The van der Waals surface area contributed by atoms with E-state index < -0.39 is 0 Å². The van der Waals surface area contributed by atoms with Crippen LogP contribution in [0.3, 0.4) is 0 Å². The maximum absolute atomic E-state index is 12.1. The van der Waals surface area contributed by atoms with Crippen LogP contribution in [-0.4, -0.2) is 17.9 Å². The lowest BCUT2D eigenvalue weighted by Crippen LogP contribution is -2.32. The molecule has 0 bridgehead atoms. The van der Waals surface area contributed by atoms with Crippen LogP contribution in [0.5, 0.6) is 0 Å². The molecule has 1 aromatic carbocycles. The van der Waals surface area contributed by atoms with Crippen molar-refractivity contribution in [1.82, 2.24) is 4.90 Å². The fraction of sp³-hybridized carbons (Fsp3) is 0.500. The number of hydrogen-bond donors (Lipinski definition) is 0. The van der Waals surface area contributed by atoms with Crippen molar-refractivity contribution >= 4 is 5.91 Å². The lowest BCUT2D eigenvalue weighted by molar-refractivity contribution is -0.134. The lowest BCUT2D eigenvalue weighted by Gasteiger charge is -2.21. The predicted octanol–water partition coefficient (Wildman–Crippen LogP) is 2.69. The molecule has 0 aromatic heterocycles. The molecule has 0 spiro atoms. The highest BCUT2D eigenvalue weighted by Gasteiger charge is 2.33. The second-order valence-corrected chi connectivity index (χ2v) is 4.81. The maximum atomic E-state index is 12.1. The van der Waals surface area contributed by atoms with E-state index in [4.69, 9.17) is 0 Å². The molecule has 0 aliphatic heterocycles. The Kier molecular flexibility index (Phi) is 3.28. The van der Waals surface area contributed by atoms with E-state index in [1.165, 1.54) is 18.4 Å². The molecule has 1 fully saturated rings. The Bertz CT molecular complexity index is 356. The third kappa shape index (κ3) is 2.63. The standard InChI is InChI=1S/C14H19NO/c1-11(13-8-9-13)14(16)15(2)10-12-6-4-3-5-7-12/h3-7,11,13H,8-10H2,1-2H3. The van der Waals surface area contributed by atoms with E-state index in [0.717, 1.165) is 6.54 Å². The summed E-state index contributed by atoms with van der Waals surface area (Å²) in [7, 11) is 1.90. The Morgan fingerprint density at radius 2 is 2.00 bits per heavy atom. The minimum atomic E-state index is 0.203. The number of carbonyl (C=O) groups excluding carboxylic acids is 1. The molecule has 1 aliphatic carbocycles. The van der Waals surface area contributed by atoms with E-state index in [-0.39, 0.29) is 11.8 Å². The second-order valence-electron chi connectivity index (χ2n) is 4.81. The van der Waals surface area contributed by atoms with Crippen LogP contribution in [0.15, 0.2) is 30.3 Å². The average Bonchev–Trinajstić information content (AvgIpc) is 3.12. The van der Waals surface area contributed by atoms with Crippen molar-refractivity contribution in [1.29, 1.82) is 0 Å². The van der Waals surface area contributed by atoms with Gasteiger partial charge in [0.25, 0.3) is 0 Å². The number of rotatable bonds is 4. The topological polar surface area (TPSA) is 20.3 Å². The van der Waals surface area contributed by atoms with E-state index >= 15 is 0 Å². The summed E-state index contributed by atoms with van der Waals surface area (Å²) in [6, 6.07) is 10.1. The molecule has 0 radical (unpaired) electrons. The summed E-state index contributed by atoms with van der Waals surface area (Å²) in [5, 5.41) is 0. The monoisotopic (exact) mass is 217 g/mol. The van der Waals surface area contributed by atoms with E-state index in [1.807, 2.05) is 30.1 Å². The molecule has 2 heteroatoms. The first-order valence-electron chi connectivity index (χ1n) is 5.97. The number of carbonyl (C=O) groups is 1. The summed E-state index contributed by atoms with van der Waals surface area (Å²) in [4.78, 5) is 13.9. The van der Waals surface area contributed by atoms with Crippen molar-refractivity contribution in [3.8, 4) is 0 Å². The Morgan fingerprint density at radius 1 is 1.38 bits per heavy atom. The molecule has 1 amide bonds. The number of amides is 1. The second kappa shape index (κ2) is 4.69. The number of hydrogen-bond acceptors (Lipinski definition) is 1. The van der Waals surface area contributed by atoms with Gasteiger partial charge < -0.3 is 4.90 Å². The van der Waals surface area contributed by atoms with Gasteiger partial charge in [-0.2, -0.15) is 0 Å². The van der Waals surface area contributed by atoms with Gasteiger partial charge in [-0.1, -0.05) is 37.3 Å². The minimum Gasteiger partial charge on any atom is -0.341 e. The molecule has 1 aliphatic rings. The summed E-state index contributed by atoms with van der Waals surface area (Å²) in [6.45, 7) is 2.78. The molecule has 1 saturated carbocycles. The van der Waals surface area contributed by atoms with Crippen LogP contribution in [0.2, 0.25) is 0 Å². The molecule has 0 N–H and O–H groups in total. The van der Waals surface area contributed by atoms with E-state index in [1.54, 1.807) is 0 Å². The van der Waals surface area contributed by atoms with Crippen molar-refractivity contribution in [3.63, 3.8) is 0 Å². The average molecular weight is 217 g/mol. The lowest BCUT2D eigenvalue weighted by atomic mass is 10.0. The fourth-order valence-electron chi connectivity index (χ4n) is 2.08. The van der Waals surface area contributed by atoms with Crippen molar-refractivity contribution in [2.24, 2.45) is 11.8 Å². The molecule has 2 rings (SSSR count). The molecule has 1 aromatic rings. The predicted molar refractivity (Wildman–Crippen MR) is 64.8 cm³/mol. The molecule has 0 saturated heterocycles. The fourth-order valence-corrected chi connectivity index (χ4v) is 2.08. The van der Waals surface area contributed by atoms with Gasteiger partial charge in [0.05, 0.1) is 0 Å². The van der Waals surface area contributed by atoms with Crippen LogP contribution in [0.4, 0.5) is 0 Å². The maximum Gasteiger partial charge on any atom is 0.225 e. The van der Waals surface area contributed by atoms with Gasteiger partial charge in [-0.3, -0.25) is 4.79 Å². The first-order valence-corrected chi connectivity index (χ1v) is 5.97. The van der Waals surface area contributed by atoms with Gasteiger partial charge in [-0.25, -0.2) is 0 Å². The van der Waals surface area contributed by atoms with E-state index in [9.17, 15) is 4.79 Å². The molecule has 0 heterocycles. The summed E-state index contributed by atoms with van der Waals surface area (Å²) >= 11 is 0. The number of benzene rings is 1. The van der Waals surface area contributed by atoms with E-state index in [0.29, 0.717) is 5.92 Å². The third-order valence-electron chi connectivity index (χ3n) is 3.36. The molecule has 16 heavy (non-hydrogen) atoms. The van der Waals surface area contributed by atoms with Gasteiger partial charge >= 0.3 is 0 Å². The van der Waals surface area contributed by atoms with E-state index in [2.05, 4.69) is 19.1 Å². The van der Waals surface area contributed by atoms with Crippen molar-refractivity contribution in [3.05, 3.63) is 35.9 Å². The molecule has 2 nitrogen and oxygen atoms in total. The van der Waals surface area contributed by atoms with Crippen LogP contribution >= 0.6 is 0 Å². The molecule has 1 unspecified atom stereocenters. The zero-order valence-electron chi connectivity index (χ0n) is 10.0. The Balaban J connectivity index is 1.92. The highest BCUT2D eigenvalue weighted by atomic mass is 16.2. The molecular weight excluding hydrogens is 198 g/mol. The van der Waals surface area contributed by atoms with Crippen LogP contribution in [0.25, 0.3) is 0 Å². The van der Waals surface area contributed by atoms with Gasteiger partial charge in [0.1, 0.15) is 0 Å². The van der Waals surface area contributed by atoms with Gasteiger partial charge in [0.2, 0.25) is 5.91 Å². The highest BCUT2D eigenvalue weighted by molar-refractivity contribution is 5.78. The van der Waals surface area contributed by atoms with Crippen molar-refractivity contribution in [2.45, 2.75) is 26.3 Å². The summed E-state index contributed by atoms with van der Waals surface area (Å²) in [5.41, 5.74) is 1.20. The molecular formula is C14H19NO. The van der Waals surface area contributed by atoms with Crippen molar-refractivity contribution < 1.29 is 4.79 Å². The number of nitrogens with zero attached hydrogens (tertiary/aromatic N) is 1. The zero-order valence-corrected chi connectivity index (χ0v) is 10.0. The highest BCUT2D eigenvalue weighted by Crippen LogP contribution is 2.37. The SMILES string of the molecule is CC(C(=O)N(C)Cc1ccccc1)C1CC1. The first-order chi connectivity index (χ1) is 7.68. The first kappa shape index (κ1) is 11.2. The van der Waals surface area contributed by atoms with Crippen molar-refractivity contribution in [2.75, 3.05) is 7.05 Å². The Labute approximate surface area is 97.3 Å². The minimum absolute atomic E-state index is 0.203. The third-order valence-corrected chi connectivity index (χ3v) is 3.36. The Morgan fingerprint density at radius 3 is 2.56 bits per heavy atom. The van der Waals surface area contributed by atoms with Crippen LogP contribution in [0.1, 0.15) is 25.3 Å². The summed E-state index contributed by atoms with van der Waals surface area (Å²) in [6.07, 6.45) is 2.46. The molecule has 1 atom stereocenters. The van der Waals surface area contributed by atoms with Crippen LogP contribution < -0.4 is 0 Å². The smallest absolute Gasteiger partial charge is 0.225 e. The Hall–Kier alpha value is -1.31. The van der Waals surface area contributed by atoms with Gasteiger partial charge in [-0.15, -0.1) is 0 Å². The summed E-state index contributed by atoms with van der Waals surface area (Å²) in [5.74, 6) is 1.13. The van der Waals surface area contributed by atoms with Gasteiger partial charge in [0.15, 0.2) is 0 Å². The largest absolute Gasteiger partial charge is 0.341 e. The van der Waals surface area contributed by atoms with Crippen LogP contribution in [0, 0.1) is 11.8 Å². The zero-order chi connectivity index (χ0) is 11.5. The summed E-state index contributed by atoms with van der Waals surface area (Å²) < 4.78 is 0. The molecule has 86 valence electrons.